The molecule has 9 heavy (non-hydrogen) atoms. The van der Waals surface area contributed by atoms with Crippen LogP contribution in [0.4, 0.5) is 0 Å². The van der Waals surface area contributed by atoms with Crippen LogP contribution in [0.15, 0.2) is 18.2 Å². The zero-order valence-corrected chi connectivity index (χ0v) is 5.40. The van der Waals surface area contributed by atoms with Crippen LogP contribution in [-0.4, -0.2) is 4.98 Å². The van der Waals surface area contributed by atoms with Gasteiger partial charge in [0.05, 0.1) is 0 Å². The Morgan fingerprint density at radius 3 is 2.78 bits per heavy atom. The van der Waals surface area contributed by atoms with Crippen molar-refractivity contribution in [2.45, 2.75) is 0 Å². The normalized spacial score (nSPS) is 8.33. The number of aromatic nitrogens is 1. The third-order valence-corrected chi connectivity index (χ3v) is 1.13. The van der Waals surface area contributed by atoms with Gasteiger partial charge in [0, 0.05) is 0 Å². The summed E-state index contributed by atoms with van der Waals surface area (Å²) in [5.41, 5.74) is 0.502. The van der Waals surface area contributed by atoms with Crippen LogP contribution >= 0.6 is 12.2 Å². The van der Waals surface area contributed by atoms with Crippen LogP contribution in [0.2, 0.25) is 0 Å². The molecule has 0 atom stereocenters. The van der Waals surface area contributed by atoms with Crippen molar-refractivity contribution in [2.75, 3.05) is 0 Å². The molecule has 0 radical (unpaired) electrons. The Morgan fingerprint density at radius 2 is 2.33 bits per heavy atom. The Morgan fingerprint density at radius 1 is 1.56 bits per heavy atom. The Bertz CT molecular complexity index is 294. The van der Waals surface area contributed by atoms with Crippen LogP contribution in [0.25, 0.3) is 0 Å². The first-order valence-electron chi connectivity index (χ1n) is 2.42. The summed E-state index contributed by atoms with van der Waals surface area (Å²) >= 11 is 4.76. The highest BCUT2D eigenvalue weighted by Gasteiger charge is 1.82. The molecule has 1 aromatic heterocycles. The Balaban J connectivity index is 3.28. The Hall–Kier alpha value is -1.14. The van der Waals surface area contributed by atoms with Crippen LogP contribution in [0, 0.1) is 16.0 Å². The third kappa shape index (κ3) is 1.37. The molecule has 0 aromatic carbocycles. The summed E-state index contributed by atoms with van der Waals surface area (Å²) in [7, 11) is 0. The largest absolute Gasteiger partial charge is 0.338 e. The predicted octanol–water partition coefficient (Wildman–Crippen LogP) is 1.62. The second-order valence-corrected chi connectivity index (χ2v) is 1.98. The Labute approximate surface area is 57.8 Å². The smallest absolute Gasteiger partial charge is 0.118 e. The summed E-state index contributed by atoms with van der Waals surface area (Å²) in [5.74, 6) is 0. The number of hydrogen-bond acceptors (Lipinski definition) is 2. The number of H-pyrrole nitrogens is 1. The zero-order valence-electron chi connectivity index (χ0n) is 4.59. The molecule has 0 saturated carbocycles. The molecule has 0 spiro atoms. The van der Waals surface area contributed by atoms with E-state index in [0.29, 0.717) is 10.3 Å². The van der Waals surface area contributed by atoms with Crippen LogP contribution in [0.3, 0.4) is 0 Å². The molecular weight excluding hydrogens is 132 g/mol. The second-order valence-electron chi connectivity index (χ2n) is 1.54. The van der Waals surface area contributed by atoms with Crippen LogP contribution < -0.4 is 0 Å². The lowest BCUT2D eigenvalue weighted by Gasteiger charge is -1.84. The SMILES string of the molecule is N#Cc1cccc(=S)[nH]1. The molecule has 1 rings (SSSR count). The second kappa shape index (κ2) is 2.42. The van der Waals surface area contributed by atoms with Crippen LogP contribution in [-0.2, 0) is 0 Å². The number of nitrogens with zero attached hydrogens (tertiary/aromatic N) is 1. The molecule has 2 nitrogen and oxygen atoms in total. The summed E-state index contributed by atoms with van der Waals surface area (Å²) in [6.45, 7) is 0. The molecule has 1 aromatic rings. The lowest BCUT2D eigenvalue weighted by atomic mass is 10.4. The minimum absolute atomic E-state index is 0.502. The number of pyridine rings is 1. The van der Waals surface area contributed by atoms with Gasteiger partial charge in [-0.05, 0) is 12.1 Å². The van der Waals surface area contributed by atoms with Crippen molar-refractivity contribution in [3.8, 4) is 6.07 Å². The molecule has 0 aliphatic carbocycles. The van der Waals surface area contributed by atoms with E-state index in [9.17, 15) is 0 Å². The van der Waals surface area contributed by atoms with E-state index in [1.54, 1.807) is 18.2 Å². The molecule has 0 unspecified atom stereocenters. The summed E-state index contributed by atoms with van der Waals surface area (Å²) in [6, 6.07) is 7.10. The molecule has 1 N–H and O–H groups in total. The molecule has 0 aliphatic heterocycles. The van der Waals surface area contributed by atoms with Gasteiger partial charge >= 0.3 is 0 Å². The van der Waals surface area contributed by atoms with Gasteiger partial charge in [-0.3, -0.25) is 0 Å². The van der Waals surface area contributed by atoms with E-state index in [1.165, 1.54) is 0 Å². The van der Waals surface area contributed by atoms with Crippen molar-refractivity contribution in [3.05, 3.63) is 28.5 Å². The molecular formula is C6H4N2S. The maximum Gasteiger partial charge on any atom is 0.118 e. The van der Waals surface area contributed by atoms with Gasteiger partial charge in [-0.25, -0.2) is 0 Å². The molecule has 0 fully saturated rings. The van der Waals surface area contributed by atoms with E-state index in [4.69, 9.17) is 17.5 Å². The predicted molar refractivity (Wildman–Crippen MR) is 36.3 cm³/mol. The van der Waals surface area contributed by atoms with E-state index in [2.05, 4.69) is 4.98 Å². The van der Waals surface area contributed by atoms with Crippen molar-refractivity contribution in [1.82, 2.24) is 4.98 Å². The van der Waals surface area contributed by atoms with E-state index in [0.717, 1.165) is 0 Å². The first-order chi connectivity index (χ1) is 4.33. The van der Waals surface area contributed by atoms with E-state index in [-0.39, 0.29) is 0 Å². The number of nitriles is 1. The average Bonchev–Trinajstić information content (AvgIpc) is 1.88. The van der Waals surface area contributed by atoms with Crippen molar-refractivity contribution in [2.24, 2.45) is 0 Å². The van der Waals surface area contributed by atoms with Crippen LogP contribution in [0.1, 0.15) is 5.69 Å². The molecule has 0 aliphatic rings. The summed E-state index contributed by atoms with van der Waals surface area (Å²) in [5, 5.41) is 8.33. The van der Waals surface area contributed by atoms with E-state index in [1.807, 2.05) is 6.07 Å². The Kier molecular flexibility index (Phi) is 1.61. The van der Waals surface area contributed by atoms with Gasteiger partial charge in [0.1, 0.15) is 16.4 Å². The van der Waals surface area contributed by atoms with E-state index < -0.39 is 0 Å². The summed E-state index contributed by atoms with van der Waals surface area (Å²) in [6.07, 6.45) is 0. The van der Waals surface area contributed by atoms with Gasteiger partial charge in [-0.1, -0.05) is 18.3 Å². The first kappa shape index (κ1) is 5.99. The highest BCUT2D eigenvalue weighted by Crippen LogP contribution is 1.90. The van der Waals surface area contributed by atoms with Gasteiger partial charge in [-0.2, -0.15) is 5.26 Å². The number of nitrogens with one attached hydrogen (secondary N) is 1. The van der Waals surface area contributed by atoms with E-state index >= 15 is 0 Å². The fourth-order valence-corrected chi connectivity index (χ4v) is 0.702. The lowest BCUT2D eigenvalue weighted by molar-refractivity contribution is 1.24. The number of hydrogen-bond donors (Lipinski definition) is 1. The van der Waals surface area contributed by atoms with Crippen molar-refractivity contribution in [3.63, 3.8) is 0 Å². The third-order valence-electron chi connectivity index (χ3n) is 0.889. The van der Waals surface area contributed by atoms with Crippen molar-refractivity contribution < 1.29 is 0 Å². The van der Waals surface area contributed by atoms with Crippen molar-refractivity contribution in [1.29, 1.82) is 5.26 Å². The maximum absolute atomic E-state index is 8.33. The minimum atomic E-state index is 0.502. The molecule has 44 valence electrons. The number of rotatable bonds is 0. The van der Waals surface area contributed by atoms with Crippen molar-refractivity contribution >= 4 is 12.2 Å². The highest BCUT2D eigenvalue weighted by atomic mass is 32.1. The summed E-state index contributed by atoms with van der Waals surface area (Å²) in [4.78, 5) is 2.71. The molecule has 3 heteroatoms. The van der Waals surface area contributed by atoms with Gasteiger partial charge < -0.3 is 4.98 Å². The zero-order chi connectivity index (χ0) is 6.69. The van der Waals surface area contributed by atoms with Gasteiger partial charge in [-0.15, -0.1) is 0 Å². The van der Waals surface area contributed by atoms with Gasteiger partial charge in [0.15, 0.2) is 0 Å². The maximum atomic E-state index is 8.33. The quantitative estimate of drug-likeness (QED) is 0.550. The minimum Gasteiger partial charge on any atom is -0.338 e. The first-order valence-corrected chi connectivity index (χ1v) is 2.83. The molecule has 0 bridgehead atoms. The monoisotopic (exact) mass is 136 g/mol. The fourth-order valence-electron chi connectivity index (χ4n) is 0.513. The molecule has 0 amide bonds. The van der Waals surface area contributed by atoms with Gasteiger partial charge in [0.25, 0.3) is 0 Å². The number of aromatic amines is 1. The van der Waals surface area contributed by atoms with Gasteiger partial charge in [0.2, 0.25) is 0 Å². The molecule has 0 saturated heterocycles. The summed E-state index contributed by atoms with van der Waals surface area (Å²) < 4.78 is 0.592. The standard InChI is InChI=1S/C6H4N2S/c7-4-5-2-1-3-6(9)8-5/h1-3H,(H,8,9). The molecule has 1 heterocycles. The highest BCUT2D eigenvalue weighted by molar-refractivity contribution is 7.71. The topological polar surface area (TPSA) is 39.6 Å². The average molecular weight is 136 g/mol. The lowest BCUT2D eigenvalue weighted by Crippen LogP contribution is -1.78. The fraction of sp³-hybridized carbons (Fsp3) is 0. The van der Waals surface area contributed by atoms with Crippen LogP contribution in [0.5, 0.6) is 0 Å².